The Morgan fingerprint density at radius 2 is 1.80 bits per heavy atom. The zero-order chi connectivity index (χ0) is 17.2. The molecule has 1 amide bonds. The maximum absolute atomic E-state index is 12.6. The quantitative estimate of drug-likeness (QED) is 0.793. The van der Waals surface area contributed by atoms with Gasteiger partial charge >= 0.3 is 0 Å². The molecule has 0 fully saturated rings. The van der Waals surface area contributed by atoms with Crippen LogP contribution in [0.5, 0.6) is 17.2 Å². The summed E-state index contributed by atoms with van der Waals surface area (Å²) in [6.07, 6.45) is 0. The highest BCUT2D eigenvalue weighted by Crippen LogP contribution is 2.32. The molecule has 0 atom stereocenters. The number of methoxy groups -OCH3 is 1. The summed E-state index contributed by atoms with van der Waals surface area (Å²) in [5.41, 5.74) is 1.46. The predicted molar refractivity (Wildman–Crippen MR) is 94.2 cm³/mol. The van der Waals surface area contributed by atoms with Crippen LogP contribution in [0.4, 0.5) is 0 Å². The number of amides is 1. The van der Waals surface area contributed by atoms with Crippen LogP contribution in [-0.4, -0.2) is 19.8 Å². The molecule has 1 heterocycles. The van der Waals surface area contributed by atoms with E-state index in [0.717, 1.165) is 22.1 Å². The van der Waals surface area contributed by atoms with E-state index in [4.69, 9.17) is 14.2 Å². The molecule has 0 radical (unpaired) electrons. The minimum atomic E-state index is -0.180. The lowest BCUT2D eigenvalue weighted by Gasteiger charge is -2.11. The van der Waals surface area contributed by atoms with Crippen molar-refractivity contribution in [1.29, 1.82) is 0 Å². The maximum atomic E-state index is 12.6. The normalized spacial score (nSPS) is 12.2. The van der Waals surface area contributed by atoms with Gasteiger partial charge in [-0.05, 0) is 40.6 Å². The molecular weight excluding hydrogens is 318 g/mol. The lowest BCUT2D eigenvalue weighted by Crippen LogP contribution is -2.23. The summed E-state index contributed by atoms with van der Waals surface area (Å²) in [7, 11) is 1.57. The number of rotatable bonds is 4. The van der Waals surface area contributed by atoms with Crippen LogP contribution in [0, 0.1) is 0 Å². The van der Waals surface area contributed by atoms with Crippen molar-refractivity contribution >= 4 is 16.7 Å². The highest BCUT2D eigenvalue weighted by atomic mass is 16.7. The van der Waals surface area contributed by atoms with Crippen molar-refractivity contribution in [2.75, 3.05) is 13.9 Å². The van der Waals surface area contributed by atoms with Crippen LogP contribution in [0.15, 0.2) is 54.6 Å². The Labute approximate surface area is 145 Å². The van der Waals surface area contributed by atoms with E-state index in [0.29, 0.717) is 23.6 Å². The standard InChI is InChI=1S/C20H17NO4/c1-23-18-10-15-5-3-2-4-14(15)9-16(18)20(22)21-11-13-6-7-17-19(8-13)25-12-24-17/h2-10H,11-12H2,1H3,(H,21,22). The zero-order valence-electron chi connectivity index (χ0n) is 13.7. The summed E-state index contributed by atoms with van der Waals surface area (Å²) in [6.45, 7) is 0.630. The van der Waals surface area contributed by atoms with Gasteiger partial charge in [-0.2, -0.15) is 0 Å². The highest BCUT2D eigenvalue weighted by molar-refractivity contribution is 6.01. The number of hydrogen-bond donors (Lipinski definition) is 1. The fourth-order valence-corrected chi connectivity index (χ4v) is 2.89. The van der Waals surface area contributed by atoms with Gasteiger partial charge in [-0.15, -0.1) is 0 Å². The lowest BCUT2D eigenvalue weighted by molar-refractivity contribution is 0.0948. The van der Waals surface area contributed by atoms with Crippen molar-refractivity contribution in [3.8, 4) is 17.2 Å². The van der Waals surface area contributed by atoms with Crippen molar-refractivity contribution in [2.24, 2.45) is 0 Å². The molecule has 1 N–H and O–H groups in total. The minimum absolute atomic E-state index is 0.180. The second-order valence-corrected chi connectivity index (χ2v) is 5.77. The van der Waals surface area contributed by atoms with Gasteiger partial charge in [0.1, 0.15) is 5.75 Å². The van der Waals surface area contributed by atoms with E-state index in [9.17, 15) is 4.79 Å². The van der Waals surface area contributed by atoms with Gasteiger partial charge in [0.25, 0.3) is 5.91 Å². The van der Waals surface area contributed by atoms with Gasteiger partial charge < -0.3 is 19.5 Å². The summed E-state index contributed by atoms with van der Waals surface area (Å²) < 4.78 is 16.0. The molecule has 0 unspecified atom stereocenters. The molecule has 1 aliphatic heterocycles. The van der Waals surface area contributed by atoms with Crippen LogP contribution in [-0.2, 0) is 6.54 Å². The van der Waals surface area contributed by atoms with E-state index in [-0.39, 0.29) is 12.7 Å². The molecule has 0 spiro atoms. The Bertz CT molecular complexity index is 952. The van der Waals surface area contributed by atoms with Crippen molar-refractivity contribution in [2.45, 2.75) is 6.54 Å². The average Bonchev–Trinajstić information content (AvgIpc) is 3.12. The largest absolute Gasteiger partial charge is 0.496 e. The van der Waals surface area contributed by atoms with Crippen molar-refractivity contribution in [3.63, 3.8) is 0 Å². The monoisotopic (exact) mass is 335 g/mol. The Morgan fingerprint density at radius 1 is 1.04 bits per heavy atom. The van der Waals surface area contributed by atoms with Gasteiger partial charge in [-0.3, -0.25) is 4.79 Å². The molecule has 1 aliphatic rings. The van der Waals surface area contributed by atoms with Crippen molar-refractivity contribution in [3.05, 3.63) is 65.7 Å². The highest BCUT2D eigenvalue weighted by Gasteiger charge is 2.16. The number of carbonyl (C=O) groups excluding carboxylic acids is 1. The van der Waals surface area contributed by atoms with Gasteiger partial charge in [0.05, 0.1) is 12.7 Å². The van der Waals surface area contributed by atoms with Crippen LogP contribution >= 0.6 is 0 Å². The van der Waals surface area contributed by atoms with Crippen LogP contribution in [0.3, 0.4) is 0 Å². The number of ether oxygens (including phenoxy) is 3. The predicted octanol–water partition coefficient (Wildman–Crippen LogP) is 3.51. The Morgan fingerprint density at radius 3 is 2.60 bits per heavy atom. The molecule has 3 aromatic rings. The molecule has 5 nitrogen and oxygen atoms in total. The second-order valence-electron chi connectivity index (χ2n) is 5.77. The average molecular weight is 335 g/mol. The van der Waals surface area contributed by atoms with Gasteiger partial charge in [-0.25, -0.2) is 0 Å². The number of fused-ring (bicyclic) bond motifs is 2. The number of hydrogen-bond acceptors (Lipinski definition) is 4. The molecule has 126 valence electrons. The molecule has 3 aromatic carbocycles. The van der Waals surface area contributed by atoms with E-state index in [1.807, 2.05) is 54.6 Å². The fourth-order valence-electron chi connectivity index (χ4n) is 2.89. The first kappa shape index (κ1) is 15.3. The van der Waals surface area contributed by atoms with Crippen LogP contribution < -0.4 is 19.5 Å². The van der Waals surface area contributed by atoms with E-state index >= 15 is 0 Å². The first-order chi connectivity index (χ1) is 12.2. The summed E-state index contributed by atoms with van der Waals surface area (Å²) in [5.74, 6) is 1.81. The zero-order valence-corrected chi connectivity index (χ0v) is 13.7. The summed E-state index contributed by atoms with van der Waals surface area (Å²) in [4.78, 5) is 12.6. The van der Waals surface area contributed by atoms with E-state index in [2.05, 4.69) is 5.32 Å². The van der Waals surface area contributed by atoms with E-state index in [1.54, 1.807) is 7.11 Å². The third kappa shape index (κ3) is 2.96. The van der Waals surface area contributed by atoms with Crippen molar-refractivity contribution < 1.29 is 19.0 Å². The SMILES string of the molecule is COc1cc2ccccc2cc1C(=O)NCc1ccc2c(c1)OCO2. The van der Waals surface area contributed by atoms with E-state index in [1.165, 1.54) is 0 Å². The minimum Gasteiger partial charge on any atom is -0.496 e. The molecule has 0 aromatic heterocycles. The lowest BCUT2D eigenvalue weighted by atomic mass is 10.1. The van der Waals surface area contributed by atoms with Gasteiger partial charge in [0.15, 0.2) is 11.5 Å². The summed E-state index contributed by atoms with van der Waals surface area (Å²) in [6, 6.07) is 17.2. The molecular formula is C20H17NO4. The third-order valence-electron chi connectivity index (χ3n) is 4.20. The molecule has 4 rings (SSSR count). The molecule has 0 aliphatic carbocycles. The fraction of sp³-hybridized carbons (Fsp3) is 0.150. The van der Waals surface area contributed by atoms with Crippen LogP contribution in [0.2, 0.25) is 0 Å². The first-order valence-electron chi connectivity index (χ1n) is 7.98. The third-order valence-corrected chi connectivity index (χ3v) is 4.20. The summed E-state index contributed by atoms with van der Waals surface area (Å²) in [5, 5.41) is 4.96. The van der Waals surface area contributed by atoms with Gasteiger partial charge in [-0.1, -0.05) is 30.3 Å². The topological polar surface area (TPSA) is 56.8 Å². The number of nitrogens with one attached hydrogen (secondary N) is 1. The molecule has 0 bridgehead atoms. The maximum Gasteiger partial charge on any atom is 0.255 e. The first-order valence-corrected chi connectivity index (χ1v) is 7.98. The molecule has 25 heavy (non-hydrogen) atoms. The van der Waals surface area contributed by atoms with Gasteiger partial charge in [0, 0.05) is 6.54 Å². The Kier molecular flexibility index (Phi) is 3.90. The molecule has 5 heteroatoms. The van der Waals surface area contributed by atoms with Crippen molar-refractivity contribution in [1.82, 2.24) is 5.32 Å². The van der Waals surface area contributed by atoms with Gasteiger partial charge in [0.2, 0.25) is 6.79 Å². The Hall–Kier alpha value is -3.21. The summed E-state index contributed by atoms with van der Waals surface area (Å²) >= 11 is 0. The number of benzene rings is 3. The second kappa shape index (κ2) is 6.36. The van der Waals surface area contributed by atoms with Crippen LogP contribution in [0.1, 0.15) is 15.9 Å². The molecule has 0 saturated heterocycles. The number of carbonyl (C=O) groups is 1. The van der Waals surface area contributed by atoms with Crippen LogP contribution in [0.25, 0.3) is 10.8 Å². The van der Waals surface area contributed by atoms with E-state index < -0.39 is 0 Å². The smallest absolute Gasteiger partial charge is 0.255 e. The molecule has 0 saturated carbocycles. The Balaban J connectivity index is 1.55.